The maximum atomic E-state index is 13.1. The molecule has 3 heterocycles. The SMILES string of the molecule is O=C(CN1c2ccccc2NC2=C(C(=O)CCC2)[C@H]1c1ccco1)NCc1cccnc1. The van der Waals surface area contributed by atoms with Crippen LogP contribution in [0.1, 0.15) is 36.6 Å². The molecule has 5 rings (SSSR count). The van der Waals surface area contributed by atoms with Crippen molar-refractivity contribution < 1.29 is 14.0 Å². The summed E-state index contributed by atoms with van der Waals surface area (Å²) in [6.45, 7) is 0.465. The molecule has 3 aromatic rings. The van der Waals surface area contributed by atoms with Gasteiger partial charge in [-0.25, -0.2) is 0 Å². The minimum Gasteiger partial charge on any atom is -0.467 e. The summed E-state index contributed by atoms with van der Waals surface area (Å²) in [6, 6.07) is 14.8. The minimum absolute atomic E-state index is 0.0778. The number of nitrogens with zero attached hydrogens (tertiary/aromatic N) is 2. The van der Waals surface area contributed by atoms with Crippen LogP contribution < -0.4 is 15.5 Å². The lowest BCUT2D eigenvalue weighted by Gasteiger charge is -2.33. The molecule has 7 nitrogen and oxygen atoms in total. The number of carbonyl (C=O) groups excluding carboxylic acids is 2. The highest BCUT2D eigenvalue weighted by Crippen LogP contribution is 2.44. The van der Waals surface area contributed by atoms with Crippen LogP contribution in [0.15, 0.2) is 82.9 Å². The number of allylic oxidation sites excluding steroid dienone is 1. The molecule has 0 spiro atoms. The van der Waals surface area contributed by atoms with Crippen molar-refractivity contribution in [3.05, 3.63) is 89.8 Å². The molecule has 2 aromatic heterocycles. The molecule has 1 aliphatic heterocycles. The standard InChI is InChI=1S/C25H24N4O3/c30-21-10-3-8-19-24(21)25(22-11-5-13-32-22)29(20-9-2-1-7-18(20)28-19)16-23(31)27-15-17-6-4-12-26-14-17/h1-2,4-7,9,11-14,25,28H,3,8,10,15-16H2,(H,27,31)/t25-/m1/s1. The van der Waals surface area contributed by atoms with E-state index in [0.29, 0.717) is 24.3 Å². The summed E-state index contributed by atoms with van der Waals surface area (Å²) in [6.07, 6.45) is 7.13. The van der Waals surface area contributed by atoms with Crippen LogP contribution in [-0.2, 0) is 16.1 Å². The van der Waals surface area contributed by atoms with Crippen molar-refractivity contribution in [2.75, 3.05) is 16.8 Å². The monoisotopic (exact) mass is 428 g/mol. The second kappa shape index (κ2) is 8.70. The Kier molecular flexibility index (Phi) is 5.46. The molecule has 7 heteroatoms. The van der Waals surface area contributed by atoms with Crippen molar-refractivity contribution in [1.82, 2.24) is 10.3 Å². The largest absolute Gasteiger partial charge is 0.467 e. The Morgan fingerprint density at radius 1 is 1.16 bits per heavy atom. The number of anilines is 2. The normalized spacial score (nSPS) is 17.8. The number of rotatable bonds is 5. The van der Waals surface area contributed by atoms with Crippen molar-refractivity contribution >= 4 is 23.1 Å². The average Bonchev–Trinajstić information content (AvgIpc) is 3.30. The van der Waals surface area contributed by atoms with Crippen LogP contribution >= 0.6 is 0 Å². The second-order valence-corrected chi connectivity index (χ2v) is 7.99. The number of aromatic nitrogens is 1. The third-order valence-electron chi connectivity index (χ3n) is 5.88. The number of nitrogens with one attached hydrogen (secondary N) is 2. The fourth-order valence-electron chi connectivity index (χ4n) is 4.43. The fraction of sp³-hybridized carbons (Fsp3) is 0.240. The zero-order valence-corrected chi connectivity index (χ0v) is 17.6. The maximum Gasteiger partial charge on any atom is 0.239 e. The molecule has 0 radical (unpaired) electrons. The molecule has 1 aliphatic carbocycles. The predicted octanol–water partition coefficient (Wildman–Crippen LogP) is 3.97. The first-order chi connectivity index (χ1) is 15.7. The smallest absolute Gasteiger partial charge is 0.239 e. The summed E-state index contributed by atoms with van der Waals surface area (Å²) in [5.74, 6) is 0.590. The molecule has 0 fully saturated rings. The van der Waals surface area contributed by atoms with Crippen molar-refractivity contribution in [2.45, 2.75) is 31.8 Å². The zero-order chi connectivity index (χ0) is 21.9. The number of fused-ring (bicyclic) bond motifs is 1. The van der Waals surface area contributed by atoms with Crippen molar-refractivity contribution in [3.63, 3.8) is 0 Å². The number of benzene rings is 1. The van der Waals surface area contributed by atoms with Crippen LogP contribution in [0, 0.1) is 0 Å². The maximum absolute atomic E-state index is 13.1. The van der Waals surface area contributed by atoms with Gasteiger partial charge < -0.3 is 20.0 Å². The van der Waals surface area contributed by atoms with Gasteiger partial charge in [-0.1, -0.05) is 18.2 Å². The van der Waals surface area contributed by atoms with Crippen LogP contribution in [-0.4, -0.2) is 23.2 Å². The number of hydrogen-bond acceptors (Lipinski definition) is 6. The lowest BCUT2D eigenvalue weighted by molar-refractivity contribution is -0.120. The van der Waals surface area contributed by atoms with E-state index in [2.05, 4.69) is 15.6 Å². The van der Waals surface area contributed by atoms with Crippen LogP contribution in [0.3, 0.4) is 0 Å². The Labute approximate surface area is 186 Å². The van der Waals surface area contributed by atoms with Crippen LogP contribution in [0.2, 0.25) is 0 Å². The van der Waals surface area contributed by atoms with E-state index in [1.54, 1.807) is 18.7 Å². The molecule has 32 heavy (non-hydrogen) atoms. The molecule has 0 bridgehead atoms. The van der Waals surface area contributed by atoms with Crippen LogP contribution in [0.25, 0.3) is 0 Å². The number of hydrogen-bond donors (Lipinski definition) is 2. The molecule has 0 unspecified atom stereocenters. The van der Waals surface area contributed by atoms with E-state index < -0.39 is 6.04 Å². The van der Waals surface area contributed by atoms with Gasteiger partial charge in [0, 0.05) is 36.6 Å². The van der Waals surface area contributed by atoms with E-state index >= 15 is 0 Å². The molecule has 2 N–H and O–H groups in total. The van der Waals surface area contributed by atoms with Crippen molar-refractivity contribution in [3.8, 4) is 0 Å². The predicted molar refractivity (Wildman–Crippen MR) is 121 cm³/mol. The quantitative estimate of drug-likeness (QED) is 0.639. The van der Waals surface area contributed by atoms with Gasteiger partial charge in [0.15, 0.2) is 5.78 Å². The molecule has 1 amide bonds. The Hall–Kier alpha value is -3.87. The summed E-state index contributed by atoms with van der Waals surface area (Å²) >= 11 is 0. The Balaban J connectivity index is 1.52. The van der Waals surface area contributed by atoms with Gasteiger partial charge in [-0.05, 0) is 48.7 Å². The van der Waals surface area contributed by atoms with Gasteiger partial charge in [0.1, 0.15) is 11.8 Å². The number of amides is 1. The van der Waals surface area contributed by atoms with Gasteiger partial charge in [0.25, 0.3) is 0 Å². The summed E-state index contributed by atoms with van der Waals surface area (Å²) < 4.78 is 5.79. The minimum atomic E-state index is -0.479. The highest BCUT2D eigenvalue weighted by molar-refractivity contribution is 6.01. The first kappa shape index (κ1) is 20.1. The zero-order valence-electron chi connectivity index (χ0n) is 17.6. The molecule has 1 atom stereocenters. The molecule has 0 saturated heterocycles. The molecule has 2 aliphatic rings. The number of para-hydroxylation sites is 2. The summed E-state index contributed by atoms with van der Waals surface area (Å²) in [5, 5.41) is 6.45. The Bertz CT molecular complexity index is 1150. The van der Waals surface area contributed by atoms with Crippen molar-refractivity contribution in [1.29, 1.82) is 0 Å². The third kappa shape index (κ3) is 3.89. The highest BCUT2D eigenvalue weighted by Gasteiger charge is 2.38. The number of ketones is 1. The van der Waals surface area contributed by atoms with Gasteiger partial charge in [-0.2, -0.15) is 0 Å². The topological polar surface area (TPSA) is 87.5 Å². The van der Waals surface area contributed by atoms with E-state index in [0.717, 1.165) is 35.5 Å². The van der Waals surface area contributed by atoms with Crippen LogP contribution in [0.5, 0.6) is 0 Å². The number of Topliss-reactive ketones (excluding diaryl/α,β-unsaturated/α-hetero) is 1. The second-order valence-electron chi connectivity index (χ2n) is 7.99. The van der Waals surface area contributed by atoms with E-state index in [1.807, 2.05) is 53.4 Å². The molecule has 162 valence electrons. The molecule has 1 aromatic carbocycles. The van der Waals surface area contributed by atoms with Crippen LogP contribution in [0.4, 0.5) is 11.4 Å². The van der Waals surface area contributed by atoms with E-state index in [1.165, 1.54) is 0 Å². The Morgan fingerprint density at radius 2 is 2.06 bits per heavy atom. The number of carbonyl (C=O) groups is 2. The molecular formula is C25H24N4O3. The fourth-order valence-corrected chi connectivity index (χ4v) is 4.43. The van der Waals surface area contributed by atoms with E-state index in [4.69, 9.17) is 4.42 Å². The van der Waals surface area contributed by atoms with Gasteiger partial charge in [0.2, 0.25) is 5.91 Å². The summed E-state index contributed by atoms with van der Waals surface area (Å²) in [4.78, 5) is 32.2. The van der Waals surface area contributed by atoms with Gasteiger partial charge >= 0.3 is 0 Å². The van der Waals surface area contributed by atoms with Gasteiger partial charge in [-0.3, -0.25) is 14.6 Å². The van der Waals surface area contributed by atoms with Crippen molar-refractivity contribution in [2.24, 2.45) is 0 Å². The van der Waals surface area contributed by atoms with E-state index in [-0.39, 0.29) is 18.2 Å². The average molecular weight is 428 g/mol. The third-order valence-corrected chi connectivity index (χ3v) is 5.88. The Morgan fingerprint density at radius 3 is 2.88 bits per heavy atom. The molecule has 0 saturated carbocycles. The van der Waals surface area contributed by atoms with Gasteiger partial charge in [0.05, 0.1) is 24.2 Å². The lowest BCUT2D eigenvalue weighted by Crippen LogP contribution is -2.41. The summed E-state index contributed by atoms with van der Waals surface area (Å²) in [5.41, 5.74) is 4.25. The number of pyridine rings is 1. The first-order valence-corrected chi connectivity index (χ1v) is 10.8. The highest BCUT2D eigenvalue weighted by atomic mass is 16.3. The first-order valence-electron chi connectivity index (χ1n) is 10.8. The lowest BCUT2D eigenvalue weighted by atomic mass is 9.88. The van der Waals surface area contributed by atoms with Gasteiger partial charge in [-0.15, -0.1) is 0 Å². The van der Waals surface area contributed by atoms with E-state index in [9.17, 15) is 9.59 Å². The molecular weight excluding hydrogens is 404 g/mol. The summed E-state index contributed by atoms with van der Waals surface area (Å²) in [7, 11) is 0. The number of furan rings is 1.